The summed E-state index contributed by atoms with van der Waals surface area (Å²) in [6.07, 6.45) is 1.76. The van der Waals surface area contributed by atoms with E-state index in [1.54, 1.807) is 0 Å². The molecule has 1 aromatic heterocycles. The van der Waals surface area contributed by atoms with Crippen LogP contribution in [0.4, 0.5) is 0 Å². The molecule has 0 bridgehead atoms. The number of hydrogen-bond acceptors (Lipinski definition) is 2. The Morgan fingerprint density at radius 1 is 1.40 bits per heavy atom. The molecule has 0 atom stereocenters. The van der Waals surface area contributed by atoms with Crippen molar-refractivity contribution in [2.45, 2.75) is 19.8 Å². The zero-order valence-electron chi connectivity index (χ0n) is 9.20. The zero-order valence-corrected chi connectivity index (χ0v) is 9.20. The molecule has 0 aliphatic rings. The Labute approximate surface area is 89.3 Å². The van der Waals surface area contributed by atoms with Gasteiger partial charge in [-0.2, -0.15) is 5.10 Å². The highest BCUT2D eigenvalue weighted by atomic mass is 16.2. The highest BCUT2D eigenvalue weighted by Crippen LogP contribution is 2.19. The van der Waals surface area contributed by atoms with Crippen LogP contribution in [0.15, 0.2) is 18.2 Å². The van der Waals surface area contributed by atoms with Crippen LogP contribution in [0.2, 0.25) is 0 Å². The lowest BCUT2D eigenvalue weighted by atomic mass is 10.1. The molecule has 3 nitrogen and oxygen atoms in total. The van der Waals surface area contributed by atoms with Gasteiger partial charge in [0.1, 0.15) is 0 Å². The molecule has 0 spiro atoms. The fraction of sp³-hybridized carbons (Fsp3) is 0.417. The van der Waals surface area contributed by atoms with E-state index in [1.165, 1.54) is 16.5 Å². The number of aryl methyl sites for hydroxylation is 3. The fourth-order valence-electron chi connectivity index (χ4n) is 1.93. The molecular formula is C12H16N2O. The van der Waals surface area contributed by atoms with Gasteiger partial charge in [0.25, 0.3) is 0 Å². The molecule has 0 fully saturated rings. The molecule has 0 radical (unpaired) electrons. The Bertz CT molecular complexity index is 474. The van der Waals surface area contributed by atoms with Gasteiger partial charge in [-0.05, 0) is 37.5 Å². The van der Waals surface area contributed by atoms with E-state index in [0.717, 1.165) is 18.5 Å². The van der Waals surface area contributed by atoms with Crippen LogP contribution in [-0.2, 0) is 13.5 Å². The molecule has 0 saturated heterocycles. The second-order valence-corrected chi connectivity index (χ2v) is 3.89. The normalized spacial score (nSPS) is 11.1. The minimum atomic E-state index is 0.254. The number of fused-ring (bicyclic) bond motifs is 1. The van der Waals surface area contributed by atoms with Crippen LogP contribution in [-0.4, -0.2) is 21.5 Å². The fourth-order valence-corrected chi connectivity index (χ4v) is 1.93. The van der Waals surface area contributed by atoms with Gasteiger partial charge in [0.2, 0.25) is 0 Å². The van der Waals surface area contributed by atoms with Gasteiger partial charge >= 0.3 is 0 Å². The van der Waals surface area contributed by atoms with Crippen LogP contribution in [0.5, 0.6) is 0 Å². The highest BCUT2D eigenvalue weighted by molar-refractivity contribution is 5.82. The van der Waals surface area contributed by atoms with Crippen LogP contribution >= 0.6 is 0 Å². The summed E-state index contributed by atoms with van der Waals surface area (Å²) in [7, 11) is 1.96. The molecule has 2 aromatic rings. The van der Waals surface area contributed by atoms with Gasteiger partial charge in [0, 0.05) is 19.0 Å². The summed E-state index contributed by atoms with van der Waals surface area (Å²) in [4.78, 5) is 0. The van der Waals surface area contributed by atoms with Gasteiger partial charge in [-0.1, -0.05) is 6.07 Å². The molecule has 0 aliphatic carbocycles. The van der Waals surface area contributed by atoms with E-state index < -0.39 is 0 Å². The summed E-state index contributed by atoms with van der Waals surface area (Å²) < 4.78 is 1.90. The summed E-state index contributed by atoms with van der Waals surface area (Å²) in [6, 6.07) is 6.38. The van der Waals surface area contributed by atoms with Crippen LogP contribution in [0.25, 0.3) is 10.9 Å². The smallest absolute Gasteiger partial charge is 0.0682 e. The van der Waals surface area contributed by atoms with E-state index in [1.807, 2.05) is 18.7 Å². The molecule has 1 N–H and O–H groups in total. The van der Waals surface area contributed by atoms with Gasteiger partial charge in [-0.15, -0.1) is 0 Å². The molecule has 15 heavy (non-hydrogen) atoms. The van der Waals surface area contributed by atoms with Crippen molar-refractivity contribution >= 4 is 10.9 Å². The minimum Gasteiger partial charge on any atom is -0.396 e. The molecule has 2 rings (SSSR count). The molecule has 0 unspecified atom stereocenters. The first-order valence-corrected chi connectivity index (χ1v) is 5.25. The number of rotatable bonds is 3. The lowest BCUT2D eigenvalue weighted by molar-refractivity contribution is 0.288. The molecule has 0 saturated carbocycles. The first-order chi connectivity index (χ1) is 7.22. The summed E-state index contributed by atoms with van der Waals surface area (Å²) in [5, 5.41) is 14.4. The number of aromatic nitrogens is 2. The maximum atomic E-state index is 8.78. The van der Waals surface area contributed by atoms with E-state index in [9.17, 15) is 0 Å². The third-order valence-corrected chi connectivity index (χ3v) is 2.72. The largest absolute Gasteiger partial charge is 0.396 e. The standard InChI is InChI=1S/C12H16N2O/c1-9-11-8-10(4-3-7-15)5-6-12(11)14(2)13-9/h5-6,8,15H,3-4,7H2,1-2H3. The number of aliphatic hydroxyl groups is 1. The Balaban J connectivity index is 2.41. The third-order valence-electron chi connectivity index (χ3n) is 2.72. The molecule has 0 aliphatic heterocycles. The van der Waals surface area contributed by atoms with E-state index in [2.05, 4.69) is 23.3 Å². The predicted molar refractivity (Wildman–Crippen MR) is 60.9 cm³/mol. The van der Waals surface area contributed by atoms with Crippen molar-refractivity contribution in [2.75, 3.05) is 6.61 Å². The molecule has 0 amide bonds. The topological polar surface area (TPSA) is 38.0 Å². The van der Waals surface area contributed by atoms with Gasteiger partial charge in [0.05, 0.1) is 11.2 Å². The Morgan fingerprint density at radius 2 is 2.20 bits per heavy atom. The van der Waals surface area contributed by atoms with E-state index >= 15 is 0 Å². The maximum absolute atomic E-state index is 8.78. The zero-order chi connectivity index (χ0) is 10.8. The maximum Gasteiger partial charge on any atom is 0.0682 e. The average Bonchev–Trinajstić information content (AvgIpc) is 2.52. The van der Waals surface area contributed by atoms with Crippen molar-refractivity contribution in [3.05, 3.63) is 29.5 Å². The molecule has 3 heteroatoms. The number of hydrogen-bond donors (Lipinski definition) is 1. The third kappa shape index (κ3) is 1.88. The van der Waals surface area contributed by atoms with E-state index in [-0.39, 0.29) is 6.61 Å². The minimum absolute atomic E-state index is 0.254. The van der Waals surface area contributed by atoms with Crippen LogP contribution in [0.3, 0.4) is 0 Å². The summed E-state index contributed by atoms with van der Waals surface area (Å²) >= 11 is 0. The molecular weight excluding hydrogens is 188 g/mol. The second-order valence-electron chi connectivity index (χ2n) is 3.89. The number of aliphatic hydroxyl groups excluding tert-OH is 1. The monoisotopic (exact) mass is 204 g/mol. The van der Waals surface area contributed by atoms with E-state index in [4.69, 9.17) is 5.11 Å². The van der Waals surface area contributed by atoms with Crippen molar-refractivity contribution in [3.8, 4) is 0 Å². The molecule has 80 valence electrons. The summed E-state index contributed by atoms with van der Waals surface area (Å²) in [5.74, 6) is 0. The van der Waals surface area contributed by atoms with Gasteiger partial charge in [-0.3, -0.25) is 4.68 Å². The van der Waals surface area contributed by atoms with Crippen molar-refractivity contribution in [3.63, 3.8) is 0 Å². The highest BCUT2D eigenvalue weighted by Gasteiger charge is 2.04. The lowest BCUT2D eigenvalue weighted by Crippen LogP contribution is -1.91. The SMILES string of the molecule is Cc1nn(C)c2ccc(CCCO)cc12. The Morgan fingerprint density at radius 3 is 2.93 bits per heavy atom. The van der Waals surface area contributed by atoms with Gasteiger partial charge in [-0.25, -0.2) is 0 Å². The van der Waals surface area contributed by atoms with Crippen LogP contribution in [0, 0.1) is 6.92 Å². The first kappa shape index (κ1) is 10.2. The predicted octanol–water partition coefficient (Wildman–Crippen LogP) is 1.81. The number of benzene rings is 1. The summed E-state index contributed by atoms with van der Waals surface area (Å²) in [5.41, 5.74) is 3.51. The van der Waals surface area contributed by atoms with Crippen molar-refractivity contribution in [1.82, 2.24) is 9.78 Å². The van der Waals surface area contributed by atoms with Crippen LogP contribution in [0.1, 0.15) is 17.7 Å². The van der Waals surface area contributed by atoms with Gasteiger partial charge in [0.15, 0.2) is 0 Å². The molecule has 1 heterocycles. The molecule has 1 aromatic carbocycles. The summed E-state index contributed by atoms with van der Waals surface area (Å²) in [6.45, 7) is 2.28. The van der Waals surface area contributed by atoms with Crippen LogP contribution < -0.4 is 0 Å². The Hall–Kier alpha value is -1.35. The van der Waals surface area contributed by atoms with E-state index in [0.29, 0.717) is 0 Å². The number of nitrogens with zero attached hydrogens (tertiary/aromatic N) is 2. The van der Waals surface area contributed by atoms with Crippen molar-refractivity contribution < 1.29 is 5.11 Å². The van der Waals surface area contributed by atoms with Gasteiger partial charge < -0.3 is 5.11 Å². The average molecular weight is 204 g/mol. The first-order valence-electron chi connectivity index (χ1n) is 5.25. The Kier molecular flexibility index (Phi) is 2.73. The lowest BCUT2D eigenvalue weighted by Gasteiger charge is -2.00. The van der Waals surface area contributed by atoms with Crippen molar-refractivity contribution in [1.29, 1.82) is 0 Å². The van der Waals surface area contributed by atoms with Crippen molar-refractivity contribution in [2.24, 2.45) is 7.05 Å². The second kappa shape index (κ2) is 4.03. The quantitative estimate of drug-likeness (QED) is 0.828.